The second kappa shape index (κ2) is 6.18. The van der Waals surface area contributed by atoms with Crippen molar-refractivity contribution in [1.82, 2.24) is 9.55 Å². The lowest BCUT2D eigenvalue weighted by Gasteiger charge is -2.10. The summed E-state index contributed by atoms with van der Waals surface area (Å²) in [5.74, 6) is -0.755. The summed E-state index contributed by atoms with van der Waals surface area (Å²) in [7, 11) is 0. The highest BCUT2D eigenvalue weighted by Crippen LogP contribution is 2.20. The van der Waals surface area contributed by atoms with Gasteiger partial charge in [-0.25, -0.2) is 9.37 Å². The summed E-state index contributed by atoms with van der Waals surface area (Å²) < 4.78 is 15.5. The molecule has 0 saturated carbocycles. The lowest BCUT2D eigenvalue weighted by molar-refractivity contribution is -0.114. The standard InChI is InChI=1S/C14H17FN4O/c1-3-19-9-16-7-12(19)8-17-11-4-5-13(15)14(6-11)18-10(2)20/h4-7,9,17H,3,8H2,1-2H3,(H,18,20). The van der Waals surface area contributed by atoms with Crippen molar-refractivity contribution < 1.29 is 9.18 Å². The normalized spacial score (nSPS) is 10.3. The van der Waals surface area contributed by atoms with Gasteiger partial charge in [-0.05, 0) is 25.1 Å². The molecule has 106 valence electrons. The van der Waals surface area contributed by atoms with Crippen molar-refractivity contribution in [2.24, 2.45) is 0 Å². The number of imidazole rings is 1. The van der Waals surface area contributed by atoms with E-state index in [-0.39, 0.29) is 11.6 Å². The third-order valence-electron chi connectivity index (χ3n) is 2.89. The Hall–Kier alpha value is -2.37. The highest BCUT2D eigenvalue weighted by Gasteiger charge is 2.06. The van der Waals surface area contributed by atoms with Crippen LogP contribution in [0.5, 0.6) is 0 Å². The van der Waals surface area contributed by atoms with Gasteiger partial charge in [0.1, 0.15) is 5.82 Å². The summed E-state index contributed by atoms with van der Waals surface area (Å²) in [5, 5.41) is 5.64. The number of anilines is 2. The van der Waals surface area contributed by atoms with Gasteiger partial charge in [0.25, 0.3) is 0 Å². The SMILES string of the molecule is CCn1cncc1CNc1ccc(F)c(NC(C)=O)c1. The van der Waals surface area contributed by atoms with Gasteiger partial charge in [-0.15, -0.1) is 0 Å². The number of benzene rings is 1. The highest BCUT2D eigenvalue weighted by atomic mass is 19.1. The third-order valence-corrected chi connectivity index (χ3v) is 2.89. The third kappa shape index (κ3) is 3.34. The zero-order valence-electron chi connectivity index (χ0n) is 11.5. The number of nitrogens with one attached hydrogen (secondary N) is 2. The van der Waals surface area contributed by atoms with Crippen LogP contribution < -0.4 is 10.6 Å². The Morgan fingerprint density at radius 1 is 1.45 bits per heavy atom. The van der Waals surface area contributed by atoms with E-state index in [9.17, 15) is 9.18 Å². The van der Waals surface area contributed by atoms with E-state index < -0.39 is 5.82 Å². The minimum Gasteiger partial charge on any atom is -0.379 e. The van der Waals surface area contributed by atoms with Crippen LogP contribution in [-0.2, 0) is 17.9 Å². The molecule has 1 heterocycles. The maximum atomic E-state index is 13.5. The maximum Gasteiger partial charge on any atom is 0.221 e. The first-order valence-electron chi connectivity index (χ1n) is 6.40. The van der Waals surface area contributed by atoms with Crippen LogP contribution in [0.25, 0.3) is 0 Å². The van der Waals surface area contributed by atoms with Crippen LogP contribution in [0, 0.1) is 5.82 Å². The van der Waals surface area contributed by atoms with Gasteiger partial charge in [-0.3, -0.25) is 4.79 Å². The van der Waals surface area contributed by atoms with E-state index in [1.165, 1.54) is 13.0 Å². The van der Waals surface area contributed by atoms with Gasteiger partial charge in [-0.1, -0.05) is 0 Å². The fourth-order valence-electron chi connectivity index (χ4n) is 1.89. The van der Waals surface area contributed by atoms with Crippen LogP contribution in [0.2, 0.25) is 0 Å². The van der Waals surface area contributed by atoms with E-state index in [0.717, 1.165) is 17.9 Å². The van der Waals surface area contributed by atoms with Crippen molar-refractivity contribution in [2.45, 2.75) is 26.9 Å². The van der Waals surface area contributed by atoms with Gasteiger partial charge in [0.2, 0.25) is 5.91 Å². The molecule has 2 aromatic rings. The summed E-state index contributed by atoms with van der Waals surface area (Å²) in [6.07, 6.45) is 3.55. The molecular weight excluding hydrogens is 259 g/mol. The molecule has 0 bridgehead atoms. The molecule has 2 rings (SSSR count). The van der Waals surface area contributed by atoms with E-state index in [2.05, 4.69) is 15.6 Å². The van der Waals surface area contributed by atoms with Crippen LogP contribution in [0.15, 0.2) is 30.7 Å². The van der Waals surface area contributed by atoms with E-state index in [1.54, 1.807) is 24.7 Å². The van der Waals surface area contributed by atoms with Gasteiger partial charge in [-0.2, -0.15) is 0 Å². The molecule has 0 saturated heterocycles. The first-order valence-corrected chi connectivity index (χ1v) is 6.40. The number of carbonyl (C=O) groups is 1. The van der Waals surface area contributed by atoms with Crippen molar-refractivity contribution in [3.8, 4) is 0 Å². The topological polar surface area (TPSA) is 59.0 Å². The van der Waals surface area contributed by atoms with Crippen molar-refractivity contribution in [3.05, 3.63) is 42.2 Å². The Balaban J connectivity index is 2.08. The van der Waals surface area contributed by atoms with E-state index in [4.69, 9.17) is 0 Å². The van der Waals surface area contributed by atoms with Gasteiger partial charge >= 0.3 is 0 Å². The molecule has 5 nitrogen and oxygen atoms in total. The molecular formula is C14H17FN4O. The Bertz CT molecular complexity index is 609. The smallest absolute Gasteiger partial charge is 0.221 e. The fourth-order valence-corrected chi connectivity index (χ4v) is 1.89. The Morgan fingerprint density at radius 2 is 2.25 bits per heavy atom. The van der Waals surface area contributed by atoms with E-state index in [1.807, 2.05) is 11.5 Å². The minimum atomic E-state index is -0.454. The number of carbonyl (C=O) groups excluding carboxylic acids is 1. The van der Waals surface area contributed by atoms with Crippen molar-refractivity contribution in [3.63, 3.8) is 0 Å². The van der Waals surface area contributed by atoms with E-state index >= 15 is 0 Å². The molecule has 6 heteroatoms. The first kappa shape index (κ1) is 14.0. The van der Waals surface area contributed by atoms with Crippen molar-refractivity contribution >= 4 is 17.3 Å². The molecule has 0 aliphatic carbocycles. The average Bonchev–Trinajstić information content (AvgIpc) is 2.86. The summed E-state index contributed by atoms with van der Waals surface area (Å²) >= 11 is 0. The Morgan fingerprint density at radius 3 is 2.95 bits per heavy atom. The number of hydrogen-bond donors (Lipinski definition) is 2. The summed E-state index contributed by atoms with van der Waals surface area (Å²) in [4.78, 5) is 15.1. The summed E-state index contributed by atoms with van der Waals surface area (Å²) in [6.45, 7) is 4.81. The molecule has 1 aromatic heterocycles. The van der Waals surface area contributed by atoms with Crippen LogP contribution in [-0.4, -0.2) is 15.5 Å². The molecule has 0 spiro atoms. The fraction of sp³-hybridized carbons (Fsp3) is 0.286. The molecule has 20 heavy (non-hydrogen) atoms. The predicted molar refractivity (Wildman–Crippen MR) is 75.9 cm³/mol. The second-order valence-corrected chi connectivity index (χ2v) is 4.40. The van der Waals surface area contributed by atoms with Crippen molar-refractivity contribution in [2.75, 3.05) is 10.6 Å². The van der Waals surface area contributed by atoms with Crippen LogP contribution in [0.3, 0.4) is 0 Å². The summed E-state index contributed by atoms with van der Waals surface area (Å²) in [5.41, 5.74) is 1.95. The van der Waals surface area contributed by atoms with Crippen LogP contribution in [0.1, 0.15) is 19.5 Å². The van der Waals surface area contributed by atoms with Gasteiger partial charge in [0.05, 0.1) is 24.3 Å². The van der Waals surface area contributed by atoms with Crippen LogP contribution >= 0.6 is 0 Å². The molecule has 0 unspecified atom stereocenters. The molecule has 0 aliphatic heterocycles. The first-order chi connectivity index (χ1) is 9.60. The van der Waals surface area contributed by atoms with Gasteiger partial charge in [0, 0.05) is 25.4 Å². The van der Waals surface area contributed by atoms with Crippen molar-refractivity contribution in [1.29, 1.82) is 0 Å². The highest BCUT2D eigenvalue weighted by molar-refractivity contribution is 5.89. The lowest BCUT2D eigenvalue weighted by Crippen LogP contribution is -2.09. The van der Waals surface area contributed by atoms with E-state index in [0.29, 0.717) is 6.54 Å². The Kier molecular flexibility index (Phi) is 4.34. The molecule has 0 radical (unpaired) electrons. The number of hydrogen-bond acceptors (Lipinski definition) is 3. The molecule has 0 aliphatic rings. The minimum absolute atomic E-state index is 0.173. The molecule has 0 fully saturated rings. The number of rotatable bonds is 5. The zero-order valence-corrected chi connectivity index (χ0v) is 11.5. The zero-order chi connectivity index (χ0) is 14.5. The maximum absolute atomic E-state index is 13.5. The lowest BCUT2D eigenvalue weighted by atomic mass is 10.2. The predicted octanol–water partition coefficient (Wildman–Crippen LogP) is 2.61. The second-order valence-electron chi connectivity index (χ2n) is 4.40. The molecule has 2 N–H and O–H groups in total. The number of aryl methyl sites for hydroxylation is 1. The number of nitrogens with zero attached hydrogens (tertiary/aromatic N) is 2. The van der Waals surface area contributed by atoms with Crippen LogP contribution in [0.4, 0.5) is 15.8 Å². The molecule has 0 atom stereocenters. The number of amides is 1. The van der Waals surface area contributed by atoms with Gasteiger partial charge in [0.15, 0.2) is 0 Å². The molecule has 1 amide bonds. The molecule has 1 aromatic carbocycles. The Labute approximate surface area is 116 Å². The number of halogens is 1. The monoisotopic (exact) mass is 276 g/mol. The largest absolute Gasteiger partial charge is 0.379 e. The summed E-state index contributed by atoms with van der Waals surface area (Å²) in [6, 6.07) is 4.53. The average molecular weight is 276 g/mol. The number of aromatic nitrogens is 2. The van der Waals surface area contributed by atoms with Gasteiger partial charge < -0.3 is 15.2 Å². The quantitative estimate of drug-likeness (QED) is 0.882.